The van der Waals surface area contributed by atoms with E-state index >= 15 is 0 Å². The van der Waals surface area contributed by atoms with Crippen LogP contribution in [0.15, 0.2) is 44.1 Å². The summed E-state index contributed by atoms with van der Waals surface area (Å²) < 4.78 is 6.70. The number of fused-ring (bicyclic) bond motifs is 1. The summed E-state index contributed by atoms with van der Waals surface area (Å²) in [6.45, 7) is 2.23. The topological polar surface area (TPSA) is 75.2 Å². The van der Waals surface area contributed by atoms with Crippen molar-refractivity contribution in [2.24, 2.45) is 0 Å². The van der Waals surface area contributed by atoms with Crippen LogP contribution >= 0.6 is 31.9 Å². The van der Waals surface area contributed by atoms with Gasteiger partial charge in [0.25, 0.3) is 5.56 Å². The van der Waals surface area contributed by atoms with E-state index in [1.54, 1.807) is 30.3 Å². The highest BCUT2D eigenvalue weighted by Gasteiger charge is 2.20. The number of hydrogen-bond acceptors (Lipinski definition) is 4. The minimum Gasteiger partial charge on any atom is -0.504 e. The molecule has 2 aromatic carbocycles. The molecule has 2 N–H and O–H groups in total. The Morgan fingerprint density at radius 2 is 2.04 bits per heavy atom. The zero-order valence-electron chi connectivity index (χ0n) is 12.1. The first-order valence-corrected chi connectivity index (χ1v) is 8.44. The zero-order chi connectivity index (χ0) is 16.6. The van der Waals surface area contributed by atoms with Gasteiger partial charge in [-0.25, -0.2) is 4.98 Å². The molecule has 0 saturated heterocycles. The summed E-state index contributed by atoms with van der Waals surface area (Å²) in [6, 6.07) is 8.69. The molecule has 3 rings (SSSR count). The number of halogens is 2. The van der Waals surface area contributed by atoms with Crippen LogP contribution in [0.1, 0.15) is 6.92 Å². The lowest BCUT2D eigenvalue weighted by Gasteiger charge is -2.13. The number of aromatic nitrogens is 2. The predicted octanol–water partition coefficient (Wildman–Crippen LogP) is 4.22. The van der Waals surface area contributed by atoms with E-state index in [2.05, 4.69) is 41.8 Å². The van der Waals surface area contributed by atoms with Crippen LogP contribution in [0, 0.1) is 0 Å². The molecule has 7 heteroatoms. The molecule has 1 aromatic heterocycles. The summed E-state index contributed by atoms with van der Waals surface area (Å²) >= 11 is 6.83. The Morgan fingerprint density at radius 3 is 2.78 bits per heavy atom. The van der Waals surface area contributed by atoms with Crippen LogP contribution < -0.4 is 10.3 Å². The molecule has 0 radical (unpaired) electrons. The lowest BCUT2D eigenvalue weighted by atomic mass is 10.1. The van der Waals surface area contributed by atoms with Gasteiger partial charge in [-0.2, -0.15) is 0 Å². The van der Waals surface area contributed by atoms with Crippen LogP contribution in [0.3, 0.4) is 0 Å². The van der Waals surface area contributed by atoms with Crippen LogP contribution in [-0.2, 0) is 0 Å². The van der Waals surface area contributed by atoms with Gasteiger partial charge < -0.3 is 14.8 Å². The van der Waals surface area contributed by atoms with Crippen LogP contribution in [0.5, 0.6) is 11.5 Å². The lowest BCUT2D eigenvalue weighted by molar-refractivity contribution is 0.318. The maximum absolute atomic E-state index is 12.3. The number of aromatic amines is 1. The molecule has 5 nitrogen and oxygen atoms in total. The molecule has 118 valence electrons. The van der Waals surface area contributed by atoms with Crippen molar-refractivity contribution in [3.8, 4) is 22.9 Å². The van der Waals surface area contributed by atoms with E-state index < -0.39 is 0 Å². The van der Waals surface area contributed by atoms with E-state index in [0.29, 0.717) is 37.8 Å². The summed E-state index contributed by atoms with van der Waals surface area (Å²) in [5.41, 5.74) is 0.649. The van der Waals surface area contributed by atoms with Gasteiger partial charge in [-0.15, -0.1) is 0 Å². The van der Waals surface area contributed by atoms with Gasteiger partial charge in [-0.3, -0.25) is 4.79 Å². The SMILES string of the molecule is CCOc1cc(Br)c(Br)c(-c2nc3ccccc3c(=O)[nH]2)c1O. The summed E-state index contributed by atoms with van der Waals surface area (Å²) in [4.78, 5) is 19.4. The highest BCUT2D eigenvalue weighted by Crippen LogP contribution is 2.45. The van der Waals surface area contributed by atoms with Crippen molar-refractivity contribution in [3.63, 3.8) is 0 Å². The third-order valence-electron chi connectivity index (χ3n) is 3.31. The van der Waals surface area contributed by atoms with Gasteiger partial charge >= 0.3 is 0 Å². The number of nitrogens with one attached hydrogen (secondary N) is 1. The second-order valence-corrected chi connectivity index (χ2v) is 6.41. The molecule has 0 fully saturated rings. The largest absolute Gasteiger partial charge is 0.504 e. The summed E-state index contributed by atoms with van der Waals surface area (Å²) in [5.74, 6) is 0.495. The van der Waals surface area contributed by atoms with Crippen molar-refractivity contribution in [1.82, 2.24) is 9.97 Å². The predicted molar refractivity (Wildman–Crippen MR) is 96.0 cm³/mol. The normalized spacial score (nSPS) is 10.9. The summed E-state index contributed by atoms with van der Waals surface area (Å²) in [7, 11) is 0. The Balaban J connectivity index is 2.32. The van der Waals surface area contributed by atoms with E-state index in [-0.39, 0.29) is 17.1 Å². The quantitative estimate of drug-likeness (QED) is 0.640. The molecule has 23 heavy (non-hydrogen) atoms. The fourth-order valence-electron chi connectivity index (χ4n) is 2.28. The molecule has 0 aliphatic carbocycles. The van der Waals surface area contributed by atoms with Crippen LogP contribution in [0.25, 0.3) is 22.3 Å². The molecule has 3 aromatic rings. The van der Waals surface area contributed by atoms with Gasteiger partial charge in [-0.05, 0) is 57.0 Å². The summed E-state index contributed by atoms with van der Waals surface area (Å²) in [6.07, 6.45) is 0. The average molecular weight is 440 g/mol. The third-order valence-corrected chi connectivity index (χ3v) is 5.29. The first kappa shape index (κ1) is 16.0. The summed E-state index contributed by atoms with van der Waals surface area (Å²) in [5, 5.41) is 11.0. The minimum atomic E-state index is -0.269. The minimum absolute atomic E-state index is 0.0830. The van der Waals surface area contributed by atoms with Crippen molar-refractivity contribution in [2.75, 3.05) is 6.61 Å². The number of nitrogens with zero attached hydrogens (tertiary/aromatic N) is 1. The fourth-order valence-corrected chi connectivity index (χ4v) is 3.18. The number of phenols is 1. The molecule has 0 atom stereocenters. The zero-order valence-corrected chi connectivity index (χ0v) is 15.2. The fraction of sp³-hybridized carbons (Fsp3) is 0.125. The average Bonchev–Trinajstić information content (AvgIpc) is 2.53. The van der Waals surface area contributed by atoms with Crippen molar-refractivity contribution in [3.05, 3.63) is 49.6 Å². The number of phenolic OH excluding ortho intramolecular Hbond substituents is 1. The molecular weight excluding hydrogens is 428 g/mol. The maximum atomic E-state index is 12.3. The molecule has 0 aliphatic rings. The van der Waals surface area contributed by atoms with E-state index in [0.717, 1.165) is 0 Å². The van der Waals surface area contributed by atoms with Crippen molar-refractivity contribution >= 4 is 42.8 Å². The molecule has 0 amide bonds. The Labute approximate surface area is 148 Å². The number of hydrogen-bond donors (Lipinski definition) is 2. The number of aromatic hydroxyl groups is 1. The standard InChI is InChI=1S/C16H12Br2N2O3/c1-2-23-11-7-9(17)13(18)12(14(11)21)15-19-10-6-4-3-5-8(10)16(22)20-15/h3-7,21H,2H2,1H3,(H,19,20,22). The van der Waals surface area contributed by atoms with Crippen LogP contribution in [0.2, 0.25) is 0 Å². The van der Waals surface area contributed by atoms with Gasteiger partial charge in [0, 0.05) is 8.95 Å². The number of H-pyrrole nitrogens is 1. The molecule has 0 aliphatic heterocycles. The van der Waals surface area contributed by atoms with Crippen molar-refractivity contribution in [1.29, 1.82) is 0 Å². The Bertz CT molecular complexity index is 954. The van der Waals surface area contributed by atoms with Gasteiger partial charge in [0.15, 0.2) is 11.5 Å². The first-order valence-electron chi connectivity index (χ1n) is 6.86. The van der Waals surface area contributed by atoms with E-state index in [4.69, 9.17) is 4.74 Å². The second-order valence-electron chi connectivity index (χ2n) is 4.76. The molecule has 0 bridgehead atoms. The van der Waals surface area contributed by atoms with Crippen LogP contribution in [-0.4, -0.2) is 21.7 Å². The first-order chi connectivity index (χ1) is 11.0. The highest BCUT2D eigenvalue weighted by atomic mass is 79.9. The second kappa shape index (κ2) is 6.33. The van der Waals surface area contributed by atoms with Gasteiger partial charge in [0.1, 0.15) is 5.82 Å². The molecular formula is C16H12Br2N2O3. The smallest absolute Gasteiger partial charge is 0.259 e. The Hall–Kier alpha value is -1.86. The van der Waals surface area contributed by atoms with E-state index in [1.165, 1.54) is 0 Å². The molecule has 1 heterocycles. The van der Waals surface area contributed by atoms with Crippen molar-refractivity contribution in [2.45, 2.75) is 6.92 Å². The molecule has 0 unspecified atom stereocenters. The van der Waals surface area contributed by atoms with E-state index in [1.807, 2.05) is 6.92 Å². The van der Waals surface area contributed by atoms with Crippen LogP contribution in [0.4, 0.5) is 0 Å². The molecule has 0 spiro atoms. The monoisotopic (exact) mass is 438 g/mol. The number of para-hydroxylation sites is 1. The maximum Gasteiger partial charge on any atom is 0.259 e. The Kier molecular flexibility index (Phi) is 4.41. The third kappa shape index (κ3) is 2.86. The number of ether oxygens (including phenoxy) is 1. The highest BCUT2D eigenvalue weighted by molar-refractivity contribution is 9.13. The van der Waals surface area contributed by atoms with Crippen molar-refractivity contribution < 1.29 is 9.84 Å². The Morgan fingerprint density at radius 1 is 1.30 bits per heavy atom. The van der Waals surface area contributed by atoms with Gasteiger partial charge in [0.05, 0.1) is 23.1 Å². The number of benzene rings is 2. The molecule has 0 saturated carbocycles. The lowest BCUT2D eigenvalue weighted by Crippen LogP contribution is -2.10. The van der Waals surface area contributed by atoms with Gasteiger partial charge in [-0.1, -0.05) is 12.1 Å². The van der Waals surface area contributed by atoms with Gasteiger partial charge in [0.2, 0.25) is 0 Å². The number of rotatable bonds is 3. The van der Waals surface area contributed by atoms with E-state index in [9.17, 15) is 9.90 Å².